The molecule has 2 N–H and O–H groups in total. The highest BCUT2D eigenvalue weighted by Gasteiger charge is 2.45. The number of nitrogens with one attached hydrogen (secondary N) is 1. The van der Waals surface area contributed by atoms with Gasteiger partial charge in [0, 0.05) is 12.2 Å². The van der Waals surface area contributed by atoms with Gasteiger partial charge >= 0.3 is 5.97 Å². The van der Waals surface area contributed by atoms with Gasteiger partial charge in [-0.05, 0) is 38.8 Å². The maximum atomic E-state index is 10.7. The van der Waals surface area contributed by atoms with Crippen LogP contribution in [0, 0.1) is 0 Å². The smallest absolute Gasteiger partial charge is 0.337 e. The average Bonchev–Trinajstić information content (AvgIpc) is 2.98. The van der Waals surface area contributed by atoms with Gasteiger partial charge in [0.1, 0.15) is 0 Å². The second-order valence-corrected chi connectivity index (χ2v) is 4.62. The quantitative estimate of drug-likeness (QED) is 0.811. The molecule has 4 nitrogen and oxygen atoms in total. The number of carboxylic acid groups (broad SMARTS) is 1. The summed E-state index contributed by atoms with van der Waals surface area (Å²) in [5.74, 6) is -0.930. The highest BCUT2D eigenvalue weighted by molar-refractivity contribution is 5.87. The van der Waals surface area contributed by atoms with Crippen molar-refractivity contribution in [2.24, 2.45) is 0 Å². The summed E-state index contributed by atoms with van der Waals surface area (Å²) in [7, 11) is 0. The van der Waals surface area contributed by atoms with Crippen LogP contribution in [0.25, 0.3) is 0 Å². The summed E-state index contributed by atoms with van der Waals surface area (Å²) in [6.07, 6.45) is 3.58. The number of aromatic carboxylic acids is 1. The summed E-state index contributed by atoms with van der Waals surface area (Å²) < 4.78 is 0. The molecule has 1 aromatic heterocycles. The molecule has 2 rings (SSSR count). The SMILES string of the molecule is CC(C)NC1(c2ccc(C(=O)O)cn2)CC1. The maximum Gasteiger partial charge on any atom is 0.337 e. The number of rotatable bonds is 4. The topological polar surface area (TPSA) is 62.2 Å². The van der Waals surface area contributed by atoms with Crippen molar-refractivity contribution in [2.75, 3.05) is 0 Å². The first-order valence-corrected chi connectivity index (χ1v) is 5.51. The van der Waals surface area contributed by atoms with Gasteiger partial charge in [0.25, 0.3) is 0 Å². The van der Waals surface area contributed by atoms with Crippen molar-refractivity contribution >= 4 is 5.97 Å². The Morgan fingerprint density at radius 1 is 1.50 bits per heavy atom. The van der Waals surface area contributed by atoms with Gasteiger partial charge in [-0.2, -0.15) is 0 Å². The van der Waals surface area contributed by atoms with Gasteiger partial charge in [-0.15, -0.1) is 0 Å². The van der Waals surface area contributed by atoms with E-state index in [4.69, 9.17) is 5.11 Å². The molecular weight excluding hydrogens is 204 g/mol. The Labute approximate surface area is 94.7 Å². The third kappa shape index (κ3) is 2.07. The van der Waals surface area contributed by atoms with E-state index in [0.29, 0.717) is 6.04 Å². The van der Waals surface area contributed by atoms with Gasteiger partial charge in [0.05, 0.1) is 16.8 Å². The molecule has 0 aliphatic heterocycles. The van der Waals surface area contributed by atoms with Crippen LogP contribution in [0.3, 0.4) is 0 Å². The standard InChI is InChI=1S/C12H16N2O2/c1-8(2)14-12(5-6-12)10-4-3-9(7-13-10)11(15)16/h3-4,7-8,14H,5-6H2,1-2H3,(H,15,16). The molecule has 0 bridgehead atoms. The molecular formula is C12H16N2O2. The molecule has 0 aromatic carbocycles. The molecule has 4 heteroatoms. The third-order valence-corrected chi connectivity index (χ3v) is 2.82. The first-order chi connectivity index (χ1) is 7.53. The van der Waals surface area contributed by atoms with E-state index in [-0.39, 0.29) is 11.1 Å². The van der Waals surface area contributed by atoms with E-state index < -0.39 is 5.97 Å². The lowest BCUT2D eigenvalue weighted by Crippen LogP contribution is -2.35. The number of nitrogens with zero attached hydrogens (tertiary/aromatic N) is 1. The molecule has 1 aliphatic rings. The van der Waals surface area contributed by atoms with E-state index in [1.54, 1.807) is 6.07 Å². The van der Waals surface area contributed by atoms with Gasteiger partial charge in [-0.25, -0.2) is 4.79 Å². The van der Waals surface area contributed by atoms with Crippen LogP contribution in [-0.4, -0.2) is 22.1 Å². The van der Waals surface area contributed by atoms with E-state index in [0.717, 1.165) is 18.5 Å². The van der Waals surface area contributed by atoms with Gasteiger partial charge in [-0.1, -0.05) is 0 Å². The lowest BCUT2D eigenvalue weighted by Gasteiger charge is -2.19. The number of carbonyl (C=O) groups is 1. The molecule has 0 unspecified atom stereocenters. The lowest BCUT2D eigenvalue weighted by molar-refractivity contribution is 0.0696. The fraction of sp³-hybridized carbons (Fsp3) is 0.500. The Hall–Kier alpha value is -1.42. The van der Waals surface area contributed by atoms with E-state index in [1.165, 1.54) is 6.20 Å². The van der Waals surface area contributed by atoms with Crippen molar-refractivity contribution in [1.82, 2.24) is 10.3 Å². The van der Waals surface area contributed by atoms with Gasteiger partial charge in [0.15, 0.2) is 0 Å². The Balaban J connectivity index is 2.19. The Morgan fingerprint density at radius 2 is 2.19 bits per heavy atom. The van der Waals surface area contributed by atoms with Crippen LogP contribution < -0.4 is 5.32 Å². The van der Waals surface area contributed by atoms with Crippen molar-refractivity contribution < 1.29 is 9.90 Å². The van der Waals surface area contributed by atoms with Crippen molar-refractivity contribution in [3.8, 4) is 0 Å². The molecule has 1 heterocycles. The van der Waals surface area contributed by atoms with Crippen LogP contribution in [-0.2, 0) is 5.54 Å². The van der Waals surface area contributed by atoms with Crippen molar-refractivity contribution in [3.05, 3.63) is 29.6 Å². The van der Waals surface area contributed by atoms with Crippen molar-refractivity contribution in [3.63, 3.8) is 0 Å². The van der Waals surface area contributed by atoms with Crippen LogP contribution in [0.1, 0.15) is 42.7 Å². The summed E-state index contributed by atoms with van der Waals surface area (Å²) in [4.78, 5) is 14.9. The van der Waals surface area contributed by atoms with Crippen LogP contribution in [0.5, 0.6) is 0 Å². The first-order valence-electron chi connectivity index (χ1n) is 5.51. The summed E-state index contributed by atoms with van der Waals surface area (Å²) in [5, 5.41) is 12.3. The predicted molar refractivity (Wildman–Crippen MR) is 60.4 cm³/mol. The number of hydrogen-bond donors (Lipinski definition) is 2. The zero-order valence-corrected chi connectivity index (χ0v) is 9.53. The van der Waals surface area contributed by atoms with E-state index >= 15 is 0 Å². The Kier molecular flexibility index (Phi) is 2.68. The summed E-state index contributed by atoms with van der Waals surface area (Å²) >= 11 is 0. The summed E-state index contributed by atoms with van der Waals surface area (Å²) in [6, 6.07) is 3.84. The van der Waals surface area contributed by atoms with Crippen molar-refractivity contribution in [1.29, 1.82) is 0 Å². The first kappa shape index (κ1) is 11.1. The molecule has 1 saturated carbocycles. The normalized spacial score (nSPS) is 17.4. The zero-order chi connectivity index (χ0) is 11.8. The molecule has 1 fully saturated rings. The second kappa shape index (κ2) is 3.87. The zero-order valence-electron chi connectivity index (χ0n) is 9.53. The number of carboxylic acids is 1. The Bertz CT molecular complexity index is 394. The third-order valence-electron chi connectivity index (χ3n) is 2.82. The minimum Gasteiger partial charge on any atom is -0.478 e. The fourth-order valence-electron chi connectivity index (χ4n) is 1.96. The summed E-state index contributed by atoms with van der Waals surface area (Å²) in [5.41, 5.74) is 1.18. The van der Waals surface area contributed by atoms with Crippen LogP contribution in [0.2, 0.25) is 0 Å². The number of pyridine rings is 1. The monoisotopic (exact) mass is 220 g/mol. The molecule has 0 amide bonds. The molecule has 0 saturated heterocycles. The van der Waals surface area contributed by atoms with Crippen molar-refractivity contribution in [2.45, 2.75) is 38.3 Å². The molecule has 0 radical (unpaired) electrons. The molecule has 0 atom stereocenters. The molecule has 1 aliphatic carbocycles. The highest BCUT2D eigenvalue weighted by atomic mass is 16.4. The Morgan fingerprint density at radius 3 is 2.56 bits per heavy atom. The van der Waals surface area contributed by atoms with E-state index in [9.17, 15) is 4.79 Å². The number of hydrogen-bond acceptors (Lipinski definition) is 3. The second-order valence-electron chi connectivity index (χ2n) is 4.62. The maximum absolute atomic E-state index is 10.7. The minimum absolute atomic E-state index is 0.00873. The molecule has 1 aromatic rings. The summed E-state index contributed by atoms with van der Waals surface area (Å²) in [6.45, 7) is 4.21. The van der Waals surface area contributed by atoms with Gasteiger partial charge in [0.2, 0.25) is 0 Å². The van der Waals surface area contributed by atoms with Crippen LogP contribution in [0.4, 0.5) is 0 Å². The van der Waals surface area contributed by atoms with Gasteiger partial charge < -0.3 is 10.4 Å². The lowest BCUT2D eigenvalue weighted by atomic mass is 10.1. The molecule has 86 valence electrons. The minimum atomic E-state index is -0.930. The van der Waals surface area contributed by atoms with Crippen LogP contribution >= 0.6 is 0 Å². The van der Waals surface area contributed by atoms with Gasteiger partial charge in [-0.3, -0.25) is 4.98 Å². The molecule has 0 spiro atoms. The largest absolute Gasteiger partial charge is 0.478 e. The molecule has 16 heavy (non-hydrogen) atoms. The predicted octanol–water partition coefficient (Wildman–Crippen LogP) is 1.77. The van der Waals surface area contributed by atoms with E-state index in [1.807, 2.05) is 6.07 Å². The highest BCUT2D eigenvalue weighted by Crippen LogP contribution is 2.44. The number of aromatic nitrogens is 1. The van der Waals surface area contributed by atoms with E-state index in [2.05, 4.69) is 24.1 Å². The average molecular weight is 220 g/mol. The van der Waals surface area contributed by atoms with Crippen LogP contribution in [0.15, 0.2) is 18.3 Å². The fourth-order valence-corrected chi connectivity index (χ4v) is 1.96.